The second-order valence-electron chi connectivity index (χ2n) is 3.76. The van der Waals surface area contributed by atoms with Gasteiger partial charge in [-0.2, -0.15) is 0 Å². The van der Waals surface area contributed by atoms with Crippen molar-refractivity contribution in [2.75, 3.05) is 13.7 Å². The van der Waals surface area contributed by atoms with Crippen molar-refractivity contribution in [3.05, 3.63) is 42.0 Å². The molecular formula is C14H15NO2. The van der Waals surface area contributed by atoms with Crippen LogP contribution in [-0.2, 0) is 0 Å². The lowest BCUT2D eigenvalue weighted by Gasteiger charge is -2.10. The molecule has 0 spiro atoms. The predicted octanol–water partition coefficient (Wildman–Crippen LogP) is 2.60. The van der Waals surface area contributed by atoms with Crippen LogP contribution in [0.3, 0.4) is 0 Å². The number of methoxy groups -OCH3 is 1. The minimum atomic E-state index is -0.102. The number of hydrogen-bond donors (Lipinski definition) is 1. The summed E-state index contributed by atoms with van der Waals surface area (Å²) in [7, 11) is 1.58. The first-order valence-corrected chi connectivity index (χ1v) is 5.61. The number of carbonyl (C=O) groups excluding carboxylic acids is 1. The molecule has 2 rings (SSSR count). The zero-order valence-electron chi connectivity index (χ0n) is 9.99. The molecule has 2 aromatic carbocycles. The van der Waals surface area contributed by atoms with E-state index in [1.54, 1.807) is 7.11 Å². The van der Waals surface area contributed by atoms with Crippen molar-refractivity contribution in [3.63, 3.8) is 0 Å². The van der Waals surface area contributed by atoms with Crippen molar-refractivity contribution in [1.82, 2.24) is 5.32 Å². The third kappa shape index (κ3) is 2.23. The van der Waals surface area contributed by atoms with Crippen LogP contribution in [0.1, 0.15) is 17.3 Å². The van der Waals surface area contributed by atoms with Gasteiger partial charge in [0, 0.05) is 6.54 Å². The summed E-state index contributed by atoms with van der Waals surface area (Å²) in [6.07, 6.45) is 0. The van der Waals surface area contributed by atoms with Crippen molar-refractivity contribution in [2.24, 2.45) is 0 Å². The molecule has 1 amide bonds. The summed E-state index contributed by atoms with van der Waals surface area (Å²) in [6, 6.07) is 11.7. The Balaban J connectivity index is 2.56. The zero-order valence-corrected chi connectivity index (χ0v) is 9.99. The fraction of sp³-hybridized carbons (Fsp3) is 0.214. The smallest absolute Gasteiger partial charge is 0.255 e. The first-order chi connectivity index (χ1) is 8.26. The van der Waals surface area contributed by atoms with Gasteiger partial charge in [0.1, 0.15) is 5.75 Å². The van der Waals surface area contributed by atoms with Gasteiger partial charge in [0.25, 0.3) is 5.91 Å². The van der Waals surface area contributed by atoms with E-state index in [-0.39, 0.29) is 5.91 Å². The molecule has 2 aromatic rings. The lowest BCUT2D eigenvalue weighted by Crippen LogP contribution is -2.23. The normalized spacial score (nSPS) is 10.2. The number of hydrogen-bond acceptors (Lipinski definition) is 2. The largest absolute Gasteiger partial charge is 0.496 e. The van der Waals surface area contributed by atoms with E-state index in [2.05, 4.69) is 5.32 Å². The molecule has 0 saturated carbocycles. The van der Waals surface area contributed by atoms with Gasteiger partial charge in [-0.15, -0.1) is 0 Å². The zero-order chi connectivity index (χ0) is 12.3. The molecule has 0 aliphatic rings. The molecule has 0 bridgehead atoms. The Labute approximate surface area is 100 Å². The monoisotopic (exact) mass is 229 g/mol. The molecule has 0 fully saturated rings. The second-order valence-corrected chi connectivity index (χ2v) is 3.76. The molecule has 0 aromatic heterocycles. The standard InChI is InChI=1S/C14H15NO2/c1-3-15-14(16)12-8-10-6-4-5-7-11(10)9-13(12)17-2/h4-9H,3H2,1-2H3,(H,15,16). The molecule has 0 atom stereocenters. The van der Waals surface area contributed by atoms with E-state index in [1.165, 1.54) is 0 Å². The molecule has 3 nitrogen and oxygen atoms in total. The lowest BCUT2D eigenvalue weighted by molar-refractivity contribution is 0.0953. The predicted molar refractivity (Wildman–Crippen MR) is 68.5 cm³/mol. The summed E-state index contributed by atoms with van der Waals surface area (Å²) in [5.74, 6) is 0.504. The molecular weight excluding hydrogens is 214 g/mol. The van der Waals surface area contributed by atoms with Crippen molar-refractivity contribution in [3.8, 4) is 5.75 Å². The number of fused-ring (bicyclic) bond motifs is 1. The Morgan fingerprint density at radius 3 is 2.47 bits per heavy atom. The van der Waals surface area contributed by atoms with Crippen LogP contribution < -0.4 is 10.1 Å². The third-order valence-corrected chi connectivity index (χ3v) is 2.65. The van der Waals surface area contributed by atoms with Crippen molar-refractivity contribution >= 4 is 16.7 Å². The number of benzene rings is 2. The third-order valence-electron chi connectivity index (χ3n) is 2.65. The van der Waals surface area contributed by atoms with Gasteiger partial charge in [0.15, 0.2) is 0 Å². The van der Waals surface area contributed by atoms with Crippen LogP contribution in [0, 0.1) is 0 Å². The summed E-state index contributed by atoms with van der Waals surface area (Å²) in [5.41, 5.74) is 0.577. The highest BCUT2D eigenvalue weighted by Gasteiger charge is 2.12. The number of ether oxygens (including phenoxy) is 1. The quantitative estimate of drug-likeness (QED) is 0.878. The Hall–Kier alpha value is -2.03. The fourth-order valence-corrected chi connectivity index (χ4v) is 1.82. The molecule has 0 aliphatic carbocycles. The minimum Gasteiger partial charge on any atom is -0.496 e. The van der Waals surface area contributed by atoms with Crippen LogP contribution in [0.4, 0.5) is 0 Å². The van der Waals surface area contributed by atoms with Gasteiger partial charge in [-0.1, -0.05) is 24.3 Å². The van der Waals surface area contributed by atoms with Gasteiger partial charge in [0.2, 0.25) is 0 Å². The first kappa shape index (κ1) is 11.5. The van der Waals surface area contributed by atoms with Crippen LogP contribution >= 0.6 is 0 Å². The Morgan fingerprint density at radius 1 is 1.24 bits per heavy atom. The van der Waals surface area contributed by atoms with E-state index in [9.17, 15) is 4.79 Å². The van der Waals surface area contributed by atoms with Gasteiger partial charge in [0.05, 0.1) is 12.7 Å². The molecule has 3 heteroatoms. The Bertz CT molecular complexity index is 549. The van der Waals surface area contributed by atoms with Crippen LogP contribution in [0.5, 0.6) is 5.75 Å². The lowest BCUT2D eigenvalue weighted by atomic mass is 10.1. The van der Waals surface area contributed by atoms with Crippen molar-refractivity contribution in [2.45, 2.75) is 6.92 Å². The highest BCUT2D eigenvalue weighted by atomic mass is 16.5. The van der Waals surface area contributed by atoms with E-state index in [0.717, 1.165) is 10.8 Å². The molecule has 0 unspecified atom stereocenters. The van der Waals surface area contributed by atoms with Gasteiger partial charge < -0.3 is 10.1 Å². The van der Waals surface area contributed by atoms with Crippen LogP contribution in [0.25, 0.3) is 10.8 Å². The van der Waals surface area contributed by atoms with Crippen LogP contribution in [-0.4, -0.2) is 19.6 Å². The molecule has 0 heterocycles. The van der Waals surface area contributed by atoms with E-state index >= 15 is 0 Å². The van der Waals surface area contributed by atoms with E-state index in [0.29, 0.717) is 17.9 Å². The average molecular weight is 229 g/mol. The minimum absolute atomic E-state index is 0.102. The summed E-state index contributed by atoms with van der Waals surface area (Å²) < 4.78 is 5.26. The molecule has 0 saturated heterocycles. The topological polar surface area (TPSA) is 38.3 Å². The van der Waals surface area contributed by atoms with Crippen molar-refractivity contribution < 1.29 is 9.53 Å². The highest BCUT2D eigenvalue weighted by Crippen LogP contribution is 2.25. The summed E-state index contributed by atoms with van der Waals surface area (Å²) in [6.45, 7) is 2.50. The van der Waals surface area contributed by atoms with Crippen LogP contribution in [0.2, 0.25) is 0 Å². The first-order valence-electron chi connectivity index (χ1n) is 5.61. The molecule has 0 aliphatic heterocycles. The highest BCUT2D eigenvalue weighted by molar-refractivity contribution is 6.01. The van der Waals surface area contributed by atoms with Gasteiger partial charge in [-0.3, -0.25) is 4.79 Å². The maximum Gasteiger partial charge on any atom is 0.255 e. The molecule has 1 N–H and O–H groups in total. The van der Waals surface area contributed by atoms with Gasteiger partial charge in [-0.25, -0.2) is 0 Å². The number of carbonyl (C=O) groups is 1. The van der Waals surface area contributed by atoms with E-state index in [4.69, 9.17) is 4.74 Å². The molecule has 17 heavy (non-hydrogen) atoms. The fourth-order valence-electron chi connectivity index (χ4n) is 1.82. The summed E-state index contributed by atoms with van der Waals surface area (Å²) in [5, 5.41) is 4.89. The SMILES string of the molecule is CCNC(=O)c1cc2ccccc2cc1OC. The van der Waals surface area contributed by atoms with E-state index < -0.39 is 0 Å². The number of nitrogens with one attached hydrogen (secondary N) is 1. The molecule has 88 valence electrons. The van der Waals surface area contributed by atoms with E-state index in [1.807, 2.05) is 43.3 Å². The summed E-state index contributed by atoms with van der Waals surface area (Å²) in [4.78, 5) is 11.9. The van der Waals surface area contributed by atoms with Gasteiger partial charge in [-0.05, 0) is 29.8 Å². The number of amides is 1. The van der Waals surface area contributed by atoms with Crippen LogP contribution in [0.15, 0.2) is 36.4 Å². The summed E-state index contributed by atoms with van der Waals surface area (Å²) >= 11 is 0. The molecule has 0 radical (unpaired) electrons. The average Bonchev–Trinajstić information content (AvgIpc) is 2.37. The maximum atomic E-state index is 11.9. The van der Waals surface area contributed by atoms with Gasteiger partial charge >= 0.3 is 0 Å². The number of rotatable bonds is 3. The Morgan fingerprint density at radius 2 is 1.88 bits per heavy atom. The second kappa shape index (κ2) is 4.87. The Kier molecular flexibility index (Phi) is 3.28. The maximum absolute atomic E-state index is 11.9. The van der Waals surface area contributed by atoms with Crippen molar-refractivity contribution in [1.29, 1.82) is 0 Å².